The number of nitrogens with zero attached hydrogens (tertiary/aromatic N) is 2. The fraction of sp³-hybridized carbons (Fsp3) is 0.167. The quantitative estimate of drug-likeness (QED) is 0.700. The second-order valence-electron chi connectivity index (χ2n) is 6.86. The van der Waals surface area contributed by atoms with Crippen LogP contribution in [0.25, 0.3) is 11.1 Å². The van der Waals surface area contributed by atoms with Crippen LogP contribution in [0, 0.1) is 0 Å². The maximum Gasteiger partial charge on any atom is 0.254 e. The summed E-state index contributed by atoms with van der Waals surface area (Å²) in [5.41, 5.74) is 3.37. The van der Waals surface area contributed by atoms with Gasteiger partial charge in [-0.1, -0.05) is 66.7 Å². The zero-order valence-electron chi connectivity index (χ0n) is 15.6. The lowest BCUT2D eigenvalue weighted by Crippen LogP contribution is -2.50. The summed E-state index contributed by atoms with van der Waals surface area (Å²) in [6.45, 7) is 2.18. The number of piperazine rings is 1. The third-order valence-corrected chi connectivity index (χ3v) is 5.12. The number of carbonyl (C=O) groups excluding carboxylic acids is 2. The number of amides is 2. The zero-order chi connectivity index (χ0) is 19.3. The third kappa shape index (κ3) is 3.67. The number of hydrogen-bond donors (Lipinski definition) is 0. The van der Waals surface area contributed by atoms with Crippen LogP contribution in [0.3, 0.4) is 0 Å². The first-order chi connectivity index (χ1) is 13.7. The lowest BCUT2D eigenvalue weighted by atomic mass is 9.98. The number of hydrogen-bond acceptors (Lipinski definition) is 2. The molecule has 2 amide bonds. The lowest BCUT2D eigenvalue weighted by molar-refractivity contribution is 0.0536. The van der Waals surface area contributed by atoms with Gasteiger partial charge in [0.1, 0.15) is 0 Å². The molecule has 0 aromatic heterocycles. The fourth-order valence-corrected chi connectivity index (χ4v) is 3.59. The molecule has 4 nitrogen and oxygen atoms in total. The van der Waals surface area contributed by atoms with Gasteiger partial charge >= 0.3 is 0 Å². The van der Waals surface area contributed by atoms with E-state index in [2.05, 4.69) is 0 Å². The minimum atomic E-state index is 0.0197. The molecule has 1 saturated heterocycles. The summed E-state index contributed by atoms with van der Waals surface area (Å²) in [4.78, 5) is 29.4. The molecule has 1 heterocycles. The van der Waals surface area contributed by atoms with Gasteiger partial charge in [-0.25, -0.2) is 0 Å². The Bertz CT molecular complexity index is 962. The van der Waals surface area contributed by atoms with E-state index < -0.39 is 0 Å². The molecule has 0 radical (unpaired) electrons. The van der Waals surface area contributed by atoms with Gasteiger partial charge < -0.3 is 9.80 Å². The molecule has 4 heteroatoms. The number of carbonyl (C=O) groups is 2. The summed E-state index contributed by atoms with van der Waals surface area (Å²) in [5, 5.41) is 0. The molecule has 4 rings (SSSR count). The Balaban J connectivity index is 1.48. The maximum absolute atomic E-state index is 13.2. The average molecular weight is 370 g/mol. The summed E-state index contributed by atoms with van der Waals surface area (Å²) in [6, 6.07) is 27.0. The Labute approximate surface area is 165 Å². The minimum absolute atomic E-state index is 0.0197. The van der Waals surface area contributed by atoms with E-state index in [-0.39, 0.29) is 11.8 Å². The van der Waals surface area contributed by atoms with Crippen LogP contribution in [0.1, 0.15) is 20.7 Å². The van der Waals surface area contributed by atoms with Crippen LogP contribution in [-0.4, -0.2) is 47.8 Å². The standard InChI is InChI=1S/C24H22N2O2/c27-23(20-11-5-2-6-12-20)25-15-17-26(18-16-25)24(28)22-14-8-7-13-21(22)19-9-3-1-4-10-19/h1-14H,15-18H2. The average Bonchev–Trinajstić information content (AvgIpc) is 2.79. The second-order valence-corrected chi connectivity index (χ2v) is 6.86. The maximum atomic E-state index is 13.2. The van der Waals surface area contributed by atoms with Crippen molar-refractivity contribution in [1.29, 1.82) is 0 Å². The third-order valence-electron chi connectivity index (χ3n) is 5.12. The molecule has 0 aliphatic carbocycles. The van der Waals surface area contributed by atoms with E-state index in [4.69, 9.17) is 0 Å². The van der Waals surface area contributed by atoms with Crippen LogP contribution >= 0.6 is 0 Å². The Morgan fingerprint density at radius 2 is 1.07 bits per heavy atom. The highest BCUT2D eigenvalue weighted by molar-refractivity contribution is 6.01. The summed E-state index contributed by atoms with van der Waals surface area (Å²) >= 11 is 0. The van der Waals surface area contributed by atoms with Crippen molar-refractivity contribution in [3.8, 4) is 11.1 Å². The largest absolute Gasteiger partial charge is 0.335 e. The van der Waals surface area contributed by atoms with Crippen LogP contribution in [0.15, 0.2) is 84.9 Å². The molecule has 0 spiro atoms. The highest BCUT2D eigenvalue weighted by Gasteiger charge is 2.26. The van der Waals surface area contributed by atoms with Gasteiger partial charge in [0.05, 0.1) is 0 Å². The molecular weight excluding hydrogens is 348 g/mol. The van der Waals surface area contributed by atoms with Crippen LogP contribution < -0.4 is 0 Å². The first-order valence-electron chi connectivity index (χ1n) is 9.52. The van der Waals surface area contributed by atoms with Gasteiger partial charge in [0.2, 0.25) is 0 Å². The van der Waals surface area contributed by atoms with Crippen molar-refractivity contribution in [2.45, 2.75) is 0 Å². The van der Waals surface area contributed by atoms with Crippen molar-refractivity contribution in [1.82, 2.24) is 9.80 Å². The van der Waals surface area contributed by atoms with Crippen molar-refractivity contribution in [2.24, 2.45) is 0 Å². The predicted molar refractivity (Wildman–Crippen MR) is 110 cm³/mol. The number of rotatable bonds is 3. The molecule has 140 valence electrons. The molecular formula is C24H22N2O2. The van der Waals surface area contributed by atoms with Crippen molar-refractivity contribution >= 4 is 11.8 Å². The number of benzene rings is 3. The van der Waals surface area contributed by atoms with E-state index >= 15 is 0 Å². The van der Waals surface area contributed by atoms with Crippen molar-refractivity contribution in [2.75, 3.05) is 26.2 Å². The molecule has 28 heavy (non-hydrogen) atoms. The summed E-state index contributed by atoms with van der Waals surface area (Å²) in [5.74, 6) is 0.0450. The molecule has 0 atom stereocenters. The Morgan fingerprint density at radius 1 is 0.571 bits per heavy atom. The predicted octanol–water partition coefficient (Wildman–Crippen LogP) is 3.95. The van der Waals surface area contributed by atoms with Gasteiger partial charge in [0.15, 0.2) is 0 Å². The normalized spacial score (nSPS) is 14.0. The highest BCUT2D eigenvalue weighted by atomic mass is 16.2. The van der Waals surface area contributed by atoms with Crippen LogP contribution in [0.2, 0.25) is 0 Å². The summed E-state index contributed by atoms with van der Waals surface area (Å²) < 4.78 is 0. The van der Waals surface area contributed by atoms with Gasteiger partial charge in [-0.05, 0) is 29.3 Å². The molecule has 1 fully saturated rings. The van der Waals surface area contributed by atoms with E-state index in [1.54, 1.807) is 0 Å². The van der Waals surface area contributed by atoms with E-state index in [0.29, 0.717) is 37.3 Å². The first kappa shape index (κ1) is 18.0. The van der Waals surface area contributed by atoms with Gasteiger partial charge in [-0.2, -0.15) is 0 Å². The fourth-order valence-electron chi connectivity index (χ4n) is 3.59. The van der Waals surface area contributed by atoms with Gasteiger partial charge in [-0.15, -0.1) is 0 Å². The first-order valence-corrected chi connectivity index (χ1v) is 9.52. The zero-order valence-corrected chi connectivity index (χ0v) is 15.6. The molecule has 3 aromatic carbocycles. The smallest absolute Gasteiger partial charge is 0.254 e. The molecule has 3 aromatic rings. The van der Waals surface area contributed by atoms with E-state index in [9.17, 15) is 9.59 Å². The molecule has 0 unspecified atom stereocenters. The molecule has 0 N–H and O–H groups in total. The Kier molecular flexibility index (Phi) is 5.20. The minimum Gasteiger partial charge on any atom is -0.335 e. The SMILES string of the molecule is O=C(c1ccccc1)N1CCN(C(=O)c2ccccc2-c2ccccc2)CC1. The second kappa shape index (κ2) is 8.09. The van der Waals surface area contributed by atoms with Crippen molar-refractivity contribution < 1.29 is 9.59 Å². The monoisotopic (exact) mass is 370 g/mol. The lowest BCUT2D eigenvalue weighted by Gasteiger charge is -2.35. The Morgan fingerprint density at radius 3 is 1.71 bits per heavy atom. The molecule has 1 aliphatic heterocycles. The van der Waals surface area contributed by atoms with E-state index in [1.807, 2.05) is 94.7 Å². The van der Waals surface area contributed by atoms with Crippen molar-refractivity contribution in [3.05, 3.63) is 96.1 Å². The molecule has 1 aliphatic rings. The van der Waals surface area contributed by atoms with Gasteiger partial charge in [0, 0.05) is 37.3 Å². The summed E-state index contributed by atoms with van der Waals surface area (Å²) in [7, 11) is 0. The summed E-state index contributed by atoms with van der Waals surface area (Å²) in [6.07, 6.45) is 0. The van der Waals surface area contributed by atoms with Crippen LogP contribution in [0.4, 0.5) is 0 Å². The molecule has 0 bridgehead atoms. The van der Waals surface area contributed by atoms with Crippen LogP contribution in [-0.2, 0) is 0 Å². The Hall–Kier alpha value is -3.40. The van der Waals surface area contributed by atoms with Crippen molar-refractivity contribution in [3.63, 3.8) is 0 Å². The highest BCUT2D eigenvalue weighted by Crippen LogP contribution is 2.25. The van der Waals surface area contributed by atoms with E-state index in [1.165, 1.54) is 0 Å². The van der Waals surface area contributed by atoms with E-state index in [0.717, 1.165) is 11.1 Å². The topological polar surface area (TPSA) is 40.6 Å². The van der Waals surface area contributed by atoms with Crippen LogP contribution in [0.5, 0.6) is 0 Å². The van der Waals surface area contributed by atoms with Gasteiger partial charge in [-0.3, -0.25) is 9.59 Å². The molecule has 0 saturated carbocycles. The van der Waals surface area contributed by atoms with Gasteiger partial charge in [0.25, 0.3) is 11.8 Å².